The van der Waals surface area contributed by atoms with Gasteiger partial charge in [-0.05, 0) is 5.92 Å². The third-order valence-electron chi connectivity index (χ3n) is 4.18. The Balaban J connectivity index is 0.00000400. The number of ether oxygens (including phenoxy) is 1. The van der Waals surface area contributed by atoms with E-state index in [-0.39, 0.29) is 36.0 Å². The number of carboxylic acid groups (broad SMARTS) is 1. The molecule has 0 aliphatic carbocycles. The minimum absolute atomic E-state index is 0. The molecular formula is C13H23NaO7. The summed E-state index contributed by atoms with van der Waals surface area (Å²) in [6, 6.07) is 0. The van der Waals surface area contributed by atoms with Gasteiger partial charge in [0.2, 0.25) is 0 Å². The fourth-order valence-corrected chi connectivity index (χ4v) is 2.56. The molecule has 1 heterocycles. The van der Waals surface area contributed by atoms with Gasteiger partial charge in [0.05, 0.1) is 24.8 Å². The Morgan fingerprint density at radius 1 is 1.43 bits per heavy atom. The molecule has 6 atom stereocenters. The molecule has 1 aliphatic rings. The first-order valence-corrected chi connectivity index (χ1v) is 6.71. The van der Waals surface area contributed by atoms with E-state index in [0.717, 1.165) is 0 Å². The molecule has 0 saturated carbocycles. The third kappa shape index (κ3) is 4.17. The molecule has 1 aliphatic heterocycles. The smallest absolute Gasteiger partial charge is 0.547 e. The van der Waals surface area contributed by atoms with Crippen molar-refractivity contribution in [1.82, 2.24) is 0 Å². The summed E-state index contributed by atoms with van der Waals surface area (Å²) in [6.07, 6.45) is -5.25. The van der Waals surface area contributed by atoms with Crippen LogP contribution in [-0.2, 0) is 9.53 Å². The van der Waals surface area contributed by atoms with Crippen LogP contribution in [-0.4, -0.2) is 63.0 Å². The van der Waals surface area contributed by atoms with E-state index in [1.807, 2.05) is 0 Å². The van der Waals surface area contributed by atoms with Gasteiger partial charge in [0.15, 0.2) is 0 Å². The van der Waals surface area contributed by atoms with Crippen molar-refractivity contribution in [1.29, 1.82) is 0 Å². The molecule has 1 rings (SSSR count). The zero-order valence-electron chi connectivity index (χ0n) is 12.9. The van der Waals surface area contributed by atoms with Gasteiger partial charge < -0.3 is 35.1 Å². The molecule has 0 aromatic rings. The minimum Gasteiger partial charge on any atom is -0.547 e. The number of aliphatic hydroxyl groups excluding tert-OH is 4. The van der Waals surface area contributed by atoms with Gasteiger partial charge in [-0.3, -0.25) is 0 Å². The molecule has 21 heavy (non-hydrogen) atoms. The fourth-order valence-electron chi connectivity index (χ4n) is 2.56. The number of carboxylic acids is 1. The maximum absolute atomic E-state index is 11.4. The predicted molar refractivity (Wildman–Crippen MR) is 66.3 cm³/mol. The van der Waals surface area contributed by atoms with Gasteiger partial charge in [0, 0.05) is 12.3 Å². The van der Waals surface area contributed by atoms with Crippen LogP contribution in [0.25, 0.3) is 0 Å². The van der Waals surface area contributed by atoms with Crippen molar-refractivity contribution >= 4 is 5.97 Å². The molecule has 0 bridgehead atoms. The summed E-state index contributed by atoms with van der Waals surface area (Å²) in [7, 11) is 0. The molecule has 0 aromatic carbocycles. The average molecular weight is 314 g/mol. The van der Waals surface area contributed by atoms with Crippen molar-refractivity contribution in [3.8, 4) is 0 Å². The number of hydrogen-bond donors (Lipinski definition) is 4. The van der Waals surface area contributed by atoms with Crippen molar-refractivity contribution in [2.75, 3.05) is 6.61 Å². The van der Waals surface area contributed by atoms with Crippen molar-refractivity contribution in [2.24, 2.45) is 11.8 Å². The van der Waals surface area contributed by atoms with E-state index in [9.17, 15) is 25.2 Å². The normalized spacial score (nSPS) is 35.9. The first-order chi connectivity index (χ1) is 9.17. The Morgan fingerprint density at radius 3 is 2.33 bits per heavy atom. The Kier molecular flexibility index (Phi) is 8.32. The van der Waals surface area contributed by atoms with E-state index in [4.69, 9.17) is 9.84 Å². The molecule has 118 valence electrons. The Bertz CT molecular complexity index is 351. The van der Waals surface area contributed by atoms with Gasteiger partial charge >= 0.3 is 29.6 Å². The van der Waals surface area contributed by atoms with E-state index in [1.165, 1.54) is 0 Å². The van der Waals surface area contributed by atoms with Crippen molar-refractivity contribution in [3.63, 3.8) is 0 Å². The summed E-state index contributed by atoms with van der Waals surface area (Å²) in [4.78, 5) is 11.4. The number of carbonyl (C=O) groups excluding carboxylic acids is 1. The average Bonchev–Trinajstić information content (AvgIpc) is 2.39. The van der Waals surface area contributed by atoms with Crippen LogP contribution in [0, 0.1) is 11.8 Å². The zero-order chi connectivity index (χ0) is 15.7. The third-order valence-corrected chi connectivity index (χ3v) is 4.18. The number of aliphatic hydroxyl groups is 4. The van der Waals surface area contributed by atoms with Crippen LogP contribution in [0.4, 0.5) is 0 Å². The molecule has 4 N–H and O–H groups in total. The molecule has 1 unspecified atom stereocenters. The first kappa shape index (κ1) is 21.3. The maximum atomic E-state index is 11.4. The van der Waals surface area contributed by atoms with Crippen molar-refractivity contribution in [3.05, 3.63) is 0 Å². The number of rotatable bonds is 5. The SMILES string of the molecule is CC(C)[C@]1(C(=O)[O-])CC(O)[C@@H](C)[C@H]([C@H](O)[C@H](O)CO)O1.[Na+]. The largest absolute Gasteiger partial charge is 1.00 e. The molecular weight excluding hydrogens is 291 g/mol. The topological polar surface area (TPSA) is 130 Å². The molecule has 1 saturated heterocycles. The van der Waals surface area contributed by atoms with E-state index < -0.39 is 54.4 Å². The summed E-state index contributed by atoms with van der Waals surface area (Å²) in [5.41, 5.74) is -1.73. The summed E-state index contributed by atoms with van der Waals surface area (Å²) < 4.78 is 5.52. The van der Waals surface area contributed by atoms with Crippen molar-refractivity contribution in [2.45, 2.75) is 57.2 Å². The monoisotopic (exact) mass is 314 g/mol. The van der Waals surface area contributed by atoms with Gasteiger partial charge in [-0.1, -0.05) is 20.8 Å². The Labute approximate surface area is 146 Å². The Morgan fingerprint density at radius 2 is 1.95 bits per heavy atom. The second kappa shape index (κ2) is 8.21. The van der Waals surface area contributed by atoms with Crippen LogP contribution in [0.3, 0.4) is 0 Å². The molecule has 0 radical (unpaired) electrons. The quantitative estimate of drug-likeness (QED) is 0.373. The van der Waals surface area contributed by atoms with E-state index in [2.05, 4.69) is 0 Å². The first-order valence-electron chi connectivity index (χ1n) is 6.71. The van der Waals surface area contributed by atoms with Crippen LogP contribution in [0.2, 0.25) is 0 Å². The van der Waals surface area contributed by atoms with Crippen molar-refractivity contribution < 1.29 is 64.6 Å². The number of aliphatic carboxylic acids is 1. The molecule has 0 amide bonds. The second-order valence-corrected chi connectivity index (χ2v) is 5.79. The summed E-state index contributed by atoms with van der Waals surface area (Å²) in [6.45, 7) is 4.13. The number of hydrogen-bond acceptors (Lipinski definition) is 7. The van der Waals surface area contributed by atoms with E-state index in [1.54, 1.807) is 20.8 Å². The minimum atomic E-state index is -1.73. The second-order valence-electron chi connectivity index (χ2n) is 5.79. The summed E-state index contributed by atoms with van der Waals surface area (Å²) in [5.74, 6) is -2.54. The van der Waals surface area contributed by atoms with Gasteiger partial charge in [-0.2, -0.15) is 0 Å². The van der Waals surface area contributed by atoms with Gasteiger partial charge in [-0.15, -0.1) is 0 Å². The number of carbonyl (C=O) groups is 1. The van der Waals surface area contributed by atoms with Crippen LogP contribution in [0.1, 0.15) is 27.2 Å². The van der Waals surface area contributed by atoms with Gasteiger partial charge in [0.1, 0.15) is 17.8 Å². The van der Waals surface area contributed by atoms with Crippen LogP contribution < -0.4 is 34.7 Å². The maximum Gasteiger partial charge on any atom is 1.00 e. The Hall–Kier alpha value is 0.270. The molecule has 0 aromatic heterocycles. The zero-order valence-corrected chi connectivity index (χ0v) is 14.9. The molecule has 8 heteroatoms. The van der Waals surface area contributed by atoms with E-state index >= 15 is 0 Å². The predicted octanol–water partition coefficient (Wildman–Crippen LogP) is -5.36. The molecule has 1 fully saturated rings. The standard InChI is InChI=1S/C13H24O7.Na/c1-6(2)13(12(18)19)4-8(15)7(3)11(20-13)10(17)9(16)5-14;/h6-11,14-17H,4-5H2,1-3H3,(H,18,19);/q;+1/p-1/t7-,8?,9-,10-,11-,13+;/m1./s1. The van der Waals surface area contributed by atoms with Crippen LogP contribution in [0.5, 0.6) is 0 Å². The van der Waals surface area contributed by atoms with Gasteiger partial charge in [-0.25, -0.2) is 0 Å². The van der Waals surface area contributed by atoms with Crippen LogP contribution in [0.15, 0.2) is 0 Å². The van der Waals surface area contributed by atoms with Crippen LogP contribution >= 0.6 is 0 Å². The fraction of sp³-hybridized carbons (Fsp3) is 0.923. The summed E-state index contributed by atoms with van der Waals surface area (Å²) >= 11 is 0. The molecule has 0 spiro atoms. The van der Waals surface area contributed by atoms with Gasteiger partial charge in [0.25, 0.3) is 0 Å². The van der Waals surface area contributed by atoms with E-state index in [0.29, 0.717) is 0 Å². The molecule has 7 nitrogen and oxygen atoms in total. The summed E-state index contributed by atoms with van der Waals surface area (Å²) in [5, 5.41) is 49.8.